The Balaban J connectivity index is 1.90. The Morgan fingerprint density at radius 2 is 1.82 bits per heavy atom. The Morgan fingerprint density at radius 3 is 2.46 bits per heavy atom. The Labute approximate surface area is 165 Å². The average molecular weight is 395 g/mol. The normalized spacial score (nSPS) is 13.9. The van der Waals surface area contributed by atoms with E-state index in [2.05, 4.69) is 15.1 Å². The van der Waals surface area contributed by atoms with Gasteiger partial charge in [-0.2, -0.15) is 5.10 Å². The van der Waals surface area contributed by atoms with Gasteiger partial charge in [-0.3, -0.25) is 14.0 Å². The van der Waals surface area contributed by atoms with Crippen LogP contribution >= 0.6 is 0 Å². The predicted molar refractivity (Wildman–Crippen MR) is 117 cm³/mol. The van der Waals surface area contributed by atoms with Crippen molar-refractivity contribution in [2.45, 2.75) is 18.6 Å². The van der Waals surface area contributed by atoms with Crippen LogP contribution in [-0.2, 0) is 15.5 Å². The smallest absolute Gasteiger partial charge is 0.258 e. The van der Waals surface area contributed by atoms with Gasteiger partial charge in [0, 0.05) is 22.6 Å². The summed E-state index contributed by atoms with van der Waals surface area (Å²) in [5.41, 5.74) is 2.74. The van der Waals surface area contributed by atoms with Crippen LogP contribution in [0.5, 0.6) is 0 Å². The fourth-order valence-corrected chi connectivity index (χ4v) is 3.23. The minimum absolute atomic E-state index is 0.281. The SMILES string of the molecule is CS(=O)C(C)(C)c1ccc(N=CC(=NN)c2cc3ccccc3[nH]c2=O)cc1. The Morgan fingerprint density at radius 1 is 1.14 bits per heavy atom. The van der Waals surface area contributed by atoms with Gasteiger partial charge in [0.15, 0.2) is 0 Å². The van der Waals surface area contributed by atoms with Crippen molar-refractivity contribution in [3.8, 4) is 0 Å². The maximum Gasteiger partial charge on any atom is 0.258 e. The van der Waals surface area contributed by atoms with Crippen molar-refractivity contribution in [2.75, 3.05) is 6.26 Å². The molecule has 0 aliphatic carbocycles. The number of benzene rings is 2. The van der Waals surface area contributed by atoms with Crippen LogP contribution in [0.3, 0.4) is 0 Å². The maximum atomic E-state index is 12.4. The molecule has 0 amide bonds. The average Bonchev–Trinajstić information content (AvgIpc) is 2.69. The third-order valence-corrected chi connectivity index (χ3v) is 6.46. The molecule has 2 aromatic carbocycles. The highest BCUT2D eigenvalue weighted by Gasteiger charge is 2.24. The van der Waals surface area contributed by atoms with Gasteiger partial charge >= 0.3 is 0 Å². The summed E-state index contributed by atoms with van der Waals surface area (Å²) in [7, 11) is -0.998. The van der Waals surface area contributed by atoms with Crippen molar-refractivity contribution in [2.24, 2.45) is 15.9 Å². The minimum atomic E-state index is -0.998. The summed E-state index contributed by atoms with van der Waals surface area (Å²) in [5.74, 6) is 5.51. The lowest BCUT2D eigenvalue weighted by molar-refractivity contribution is 0.648. The highest BCUT2D eigenvalue weighted by atomic mass is 32.2. The zero-order chi connectivity index (χ0) is 20.3. The zero-order valence-electron chi connectivity index (χ0n) is 16.0. The van der Waals surface area contributed by atoms with Gasteiger partial charge in [0.05, 0.1) is 22.2 Å². The molecular weight excluding hydrogens is 372 g/mol. The van der Waals surface area contributed by atoms with E-state index in [4.69, 9.17) is 5.84 Å². The number of aromatic amines is 1. The fraction of sp³-hybridized carbons (Fsp3) is 0.190. The summed E-state index contributed by atoms with van der Waals surface area (Å²) in [6.07, 6.45) is 3.16. The van der Waals surface area contributed by atoms with Crippen LogP contribution in [-0.4, -0.2) is 27.4 Å². The van der Waals surface area contributed by atoms with Gasteiger partial charge in [0.2, 0.25) is 0 Å². The number of nitrogens with one attached hydrogen (secondary N) is 1. The summed E-state index contributed by atoms with van der Waals surface area (Å²) in [4.78, 5) is 19.6. The molecule has 3 N–H and O–H groups in total. The van der Waals surface area contributed by atoms with Crippen molar-refractivity contribution in [3.63, 3.8) is 0 Å². The molecule has 0 spiro atoms. The molecule has 144 valence electrons. The first-order valence-corrected chi connectivity index (χ1v) is 10.3. The van der Waals surface area contributed by atoms with Gasteiger partial charge in [-0.25, -0.2) is 0 Å². The Kier molecular flexibility index (Phi) is 5.56. The van der Waals surface area contributed by atoms with Crippen LogP contribution in [0.1, 0.15) is 25.0 Å². The molecule has 0 aliphatic rings. The van der Waals surface area contributed by atoms with Crippen LogP contribution < -0.4 is 11.4 Å². The van der Waals surface area contributed by atoms with Gasteiger partial charge in [0.25, 0.3) is 5.56 Å². The number of para-hydroxylation sites is 1. The summed E-state index contributed by atoms with van der Waals surface area (Å²) < 4.78 is 11.5. The van der Waals surface area contributed by atoms with Gasteiger partial charge in [-0.15, -0.1) is 0 Å². The van der Waals surface area contributed by atoms with Gasteiger partial charge < -0.3 is 10.8 Å². The van der Waals surface area contributed by atoms with Crippen molar-refractivity contribution in [3.05, 3.63) is 76.1 Å². The number of rotatable bonds is 5. The van der Waals surface area contributed by atoms with Crippen molar-refractivity contribution >= 4 is 39.3 Å². The highest BCUT2D eigenvalue weighted by Crippen LogP contribution is 2.27. The molecule has 0 radical (unpaired) electrons. The summed E-state index contributed by atoms with van der Waals surface area (Å²) >= 11 is 0. The summed E-state index contributed by atoms with van der Waals surface area (Å²) in [6.45, 7) is 3.87. The van der Waals surface area contributed by atoms with Gasteiger partial charge in [-0.05, 0) is 49.1 Å². The van der Waals surface area contributed by atoms with E-state index in [0.717, 1.165) is 16.5 Å². The second kappa shape index (κ2) is 7.90. The molecule has 1 aromatic heterocycles. The second-order valence-electron chi connectivity index (χ2n) is 6.88. The molecule has 0 fully saturated rings. The van der Waals surface area contributed by atoms with E-state index in [0.29, 0.717) is 11.3 Å². The van der Waals surface area contributed by atoms with Gasteiger partial charge in [-0.1, -0.05) is 30.3 Å². The molecule has 1 atom stereocenters. The number of fused-ring (bicyclic) bond motifs is 1. The van der Waals surface area contributed by atoms with Crippen LogP contribution in [0, 0.1) is 0 Å². The molecule has 3 rings (SSSR count). The van der Waals surface area contributed by atoms with Crippen LogP contribution in [0.4, 0.5) is 5.69 Å². The highest BCUT2D eigenvalue weighted by molar-refractivity contribution is 7.85. The maximum absolute atomic E-state index is 12.4. The minimum Gasteiger partial charge on any atom is -0.323 e. The molecular formula is C21H22N4O2S. The third-order valence-electron chi connectivity index (χ3n) is 4.79. The molecule has 28 heavy (non-hydrogen) atoms. The van der Waals surface area contributed by atoms with Crippen LogP contribution in [0.2, 0.25) is 0 Å². The molecule has 1 heterocycles. The molecule has 1 unspecified atom stereocenters. The molecule has 0 bridgehead atoms. The Hall–Kier alpha value is -3.06. The first-order chi connectivity index (χ1) is 13.3. The lowest BCUT2D eigenvalue weighted by Crippen LogP contribution is -2.22. The number of pyridine rings is 1. The third kappa shape index (κ3) is 3.94. The number of nitrogens with two attached hydrogens (primary N) is 1. The van der Waals surface area contributed by atoms with E-state index >= 15 is 0 Å². The quantitative estimate of drug-likeness (QED) is 0.395. The molecule has 0 saturated carbocycles. The summed E-state index contributed by atoms with van der Waals surface area (Å²) in [6, 6.07) is 16.7. The van der Waals surface area contributed by atoms with Crippen molar-refractivity contribution < 1.29 is 4.21 Å². The molecule has 0 aliphatic heterocycles. The van der Waals surface area contributed by atoms with E-state index in [9.17, 15) is 9.00 Å². The molecule has 7 heteroatoms. The number of hydrazone groups is 1. The standard InChI is InChI=1S/C21H22N4O2S/c1-21(2,28(3)27)15-8-10-16(11-9-15)23-13-19(25-22)17-12-14-6-4-5-7-18(14)24-20(17)26/h4-13H,22H2,1-3H3,(H,24,26). The molecule has 0 saturated heterocycles. The Bertz CT molecular complexity index is 1150. The molecule has 3 aromatic rings. The van der Waals surface area contributed by atoms with E-state index in [1.165, 1.54) is 6.21 Å². The largest absolute Gasteiger partial charge is 0.323 e. The topological polar surface area (TPSA) is 101 Å². The zero-order valence-corrected chi connectivity index (χ0v) is 16.8. The van der Waals surface area contributed by atoms with E-state index in [1.54, 1.807) is 12.3 Å². The number of hydrogen-bond acceptors (Lipinski definition) is 5. The van der Waals surface area contributed by atoms with Crippen LogP contribution in [0.25, 0.3) is 10.9 Å². The van der Waals surface area contributed by atoms with Crippen molar-refractivity contribution in [1.82, 2.24) is 4.98 Å². The van der Waals surface area contributed by atoms with Crippen molar-refractivity contribution in [1.29, 1.82) is 0 Å². The molecule has 6 nitrogen and oxygen atoms in total. The first-order valence-electron chi connectivity index (χ1n) is 8.71. The number of nitrogens with zero attached hydrogens (tertiary/aromatic N) is 2. The van der Waals surface area contributed by atoms with Gasteiger partial charge in [0.1, 0.15) is 5.71 Å². The van der Waals surface area contributed by atoms with E-state index in [-0.39, 0.29) is 11.3 Å². The number of aliphatic imine (C=N–C) groups is 1. The van der Waals surface area contributed by atoms with Crippen LogP contribution in [0.15, 0.2) is 69.5 Å². The number of H-pyrrole nitrogens is 1. The van der Waals surface area contributed by atoms with E-state index in [1.807, 2.05) is 62.4 Å². The second-order valence-corrected chi connectivity index (χ2v) is 8.81. The number of aromatic nitrogens is 1. The fourth-order valence-electron chi connectivity index (χ4n) is 2.76. The monoisotopic (exact) mass is 394 g/mol. The lowest BCUT2D eigenvalue weighted by atomic mass is 10.0. The van der Waals surface area contributed by atoms with E-state index < -0.39 is 15.5 Å². The predicted octanol–water partition coefficient (Wildman–Crippen LogP) is 3.21. The number of hydrogen-bond donors (Lipinski definition) is 2. The summed E-state index contributed by atoms with van der Waals surface area (Å²) in [5, 5.41) is 4.61. The first kappa shape index (κ1) is 19.7. The lowest BCUT2D eigenvalue weighted by Gasteiger charge is -2.22.